The van der Waals surface area contributed by atoms with E-state index in [-0.39, 0.29) is 6.10 Å². The van der Waals surface area contributed by atoms with Crippen LogP contribution in [0.15, 0.2) is 24.3 Å². The number of benzene rings is 1. The third-order valence-electron chi connectivity index (χ3n) is 4.72. The van der Waals surface area contributed by atoms with E-state index in [1.807, 2.05) is 24.3 Å². The lowest BCUT2D eigenvalue weighted by Crippen LogP contribution is -2.35. The average Bonchev–Trinajstić information content (AvgIpc) is 2.79. The Balaban J connectivity index is 1.72. The number of likely N-dealkylation sites (tertiary alicyclic amines) is 1. The standard InChI is InChI=1S/C18H24ClN3O/c1-13-18(12-21-9-7-17(23)8-10-21)14(2)22(20-13)11-15-3-5-16(19)6-4-15/h3-6,17,23H,7-12H2,1-2H3. The summed E-state index contributed by atoms with van der Waals surface area (Å²) in [5.74, 6) is 0. The minimum Gasteiger partial charge on any atom is -0.393 e. The van der Waals surface area contributed by atoms with E-state index in [9.17, 15) is 5.11 Å². The molecule has 0 radical (unpaired) electrons. The molecule has 0 atom stereocenters. The minimum atomic E-state index is -0.124. The van der Waals surface area contributed by atoms with E-state index < -0.39 is 0 Å². The number of hydrogen-bond acceptors (Lipinski definition) is 3. The summed E-state index contributed by atoms with van der Waals surface area (Å²) in [6.45, 7) is 7.84. The van der Waals surface area contributed by atoms with Crippen LogP contribution in [0, 0.1) is 13.8 Å². The van der Waals surface area contributed by atoms with Gasteiger partial charge in [-0.25, -0.2) is 0 Å². The lowest BCUT2D eigenvalue weighted by atomic mass is 10.1. The molecule has 0 spiro atoms. The van der Waals surface area contributed by atoms with Gasteiger partial charge >= 0.3 is 0 Å². The second kappa shape index (κ2) is 7.04. The monoisotopic (exact) mass is 333 g/mol. The van der Waals surface area contributed by atoms with Crippen molar-refractivity contribution in [3.05, 3.63) is 51.8 Å². The van der Waals surface area contributed by atoms with Crippen molar-refractivity contribution in [2.24, 2.45) is 0 Å². The Bertz CT molecular complexity index is 658. The SMILES string of the molecule is Cc1nn(Cc2ccc(Cl)cc2)c(C)c1CN1CCC(O)CC1. The van der Waals surface area contributed by atoms with Crippen molar-refractivity contribution in [3.8, 4) is 0 Å². The van der Waals surface area contributed by atoms with E-state index in [0.717, 1.165) is 49.7 Å². The van der Waals surface area contributed by atoms with Gasteiger partial charge in [0.05, 0.1) is 18.3 Å². The quantitative estimate of drug-likeness (QED) is 0.934. The van der Waals surface area contributed by atoms with Crippen LogP contribution in [0.25, 0.3) is 0 Å². The predicted molar refractivity (Wildman–Crippen MR) is 92.8 cm³/mol. The van der Waals surface area contributed by atoms with Crippen molar-refractivity contribution in [2.45, 2.75) is 45.9 Å². The molecule has 0 amide bonds. The summed E-state index contributed by atoms with van der Waals surface area (Å²) in [6, 6.07) is 7.93. The van der Waals surface area contributed by atoms with Crippen molar-refractivity contribution in [3.63, 3.8) is 0 Å². The van der Waals surface area contributed by atoms with E-state index >= 15 is 0 Å². The van der Waals surface area contributed by atoms with Crippen LogP contribution in [0.1, 0.15) is 35.4 Å². The van der Waals surface area contributed by atoms with E-state index in [0.29, 0.717) is 0 Å². The fourth-order valence-corrected chi connectivity index (χ4v) is 3.31. The maximum Gasteiger partial charge on any atom is 0.0662 e. The van der Waals surface area contributed by atoms with Gasteiger partial charge in [0.15, 0.2) is 0 Å². The maximum atomic E-state index is 9.64. The van der Waals surface area contributed by atoms with Gasteiger partial charge in [0.2, 0.25) is 0 Å². The maximum absolute atomic E-state index is 9.64. The largest absolute Gasteiger partial charge is 0.393 e. The molecule has 23 heavy (non-hydrogen) atoms. The molecule has 4 nitrogen and oxygen atoms in total. The van der Waals surface area contributed by atoms with E-state index in [2.05, 4.69) is 23.4 Å². The molecule has 3 rings (SSSR count). The number of hydrogen-bond donors (Lipinski definition) is 1. The lowest BCUT2D eigenvalue weighted by Gasteiger charge is -2.29. The molecule has 0 bridgehead atoms. The molecule has 2 heterocycles. The molecule has 0 saturated carbocycles. The van der Waals surface area contributed by atoms with Crippen molar-refractivity contribution in [2.75, 3.05) is 13.1 Å². The molecule has 5 heteroatoms. The molecular formula is C18H24ClN3O. The molecule has 1 aliphatic heterocycles. The molecule has 0 aliphatic carbocycles. The Morgan fingerprint density at radius 3 is 2.43 bits per heavy atom. The molecule has 1 saturated heterocycles. The summed E-state index contributed by atoms with van der Waals surface area (Å²) in [4.78, 5) is 2.41. The number of aromatic nitrogens is 2. The number of rotatable bonds is 4. The highest BCUT2D eigenvalue weighted by molar-refractivity contribution is 6.30. The molecule has 1 aromatic carbocycles. The number of aliphatic hydroxyl groups excluding tert-OH is 1. The first-order chi connectivity index (χ1) is 11.0. The van der Waals surface area contributed by atoms with Gasteiger partial charge in [0, 0.05) is 35.9 Å². The first-order valence-electron chi connectivity index (χ1n) is 8.20. The smallest absolute Gasteiger partial charge is 0.0662 e. The van der Waals surface area contributed by atoms with Gasteiger partial charge in [-0.1, -0.05) is 23.7 Å². The normalized spacial score (nSPS) is 16.9. The van der Waals surface area contributed by atoms with Crippen molar-refractivity contribution in [1.29, 1.82) is 0 Å². The van der Waals surface area contributed by atoms with Crippen LogP contribution in [-0.2, 0) is 13.1 Å². The van der Waals surface area contributed by atoms with E-state index in [1.165, 1.54) is 16.8 Å². The average molecular weight is 334 g/mol. The van der Waals surface area contributed by atoms with E-state index in [4.69, 9.17) is 16.7 Å². The number of nitrogens with zero attached hydrogens (tertiary/aromatic N) is 3. The minimum absolute atomic E-state index is 0.124. The zero-order chi connectivity index (χ0) is 16.4. The van der Waals surface area contributed by atoms with Crippen LogP contribution in [0.3, 0.4) is 0 Å². The Hall–Kier alpha value is -1.36. The van der Waals surface area contributed by atoms with Crippen molar-refractivity contribution >= 4 is 11.6 Å². The Kier molecular flexibility index (Phi) is 5.05. The third-order valence-corrected chi connectivity index (χ3v) is 4.97. The lowest BCUT2D eigenvalue weighted by molar-refractivity contribution is 0.0791. The molecule has 0 unspecified atom stereocenters. The van der Waals surface area contributed by atoms with Crippen molar-refractivity contribution < 1.29 is 5.11 Å². The Morgan fingerprint density at radius 2 is 1.78 bits per heavy atom. The van der Waals surface area contributed by atoms with Gasteiger partial charge in [-0.3, -0.25) is 9.58 Å². The molecule has 2 aromatic rings. The number of aryl methyl sites for hydroxylation is 1. The molecule has 1 fully saturated rings. The van der Waals surface area contributed by atoms with Crippen LogP contribution >= 0.6 is 11.6 Å². The Morgan fingerprint density at radius 1 is 1.13 bits per heavy atom. The van der Waals surface area contributed by atoms with Gasteiger partial charge in [-0.2, -0.15) is 5.10 Å². The first-order valence-corrected chi connectivity index (χ1v) is 8.58. The summed E-state index contributed by atoms with van der Waals surface area (Å²) in [5, 5.41) is 15.1. The summed E-state index contributed by atoms with van der Waals surface area (Å²) in [7, 11) is 0. The number of piperidine rings is 1. The first kappa shape index (κ1) is 16.5. The molecule has 124 valence electrons. The highest BCUT2D eigenvalue weighted by Gasteiger charge is 2.20. The second-order valence-electron chi connectivity index (χ2n) is 6.44. The van der Waals surface area contributed by atoms with Gasteiger partial charge in [0.25, 0.3) is 0 Å². The van der Waals surface area contributed by atoms with Crippen molar-refractivity contribution in [1.82, 2.24) is 14.7 Å². The highest BCUT2D eigenvalue weighted by atomic mass is 35.5. The van der Waals surface area contributed by atoms with Gasteiger partial charge in [0.1, 0.15) is 0 Å². The van der Waals surface area contributed by atoms with Crippen LogP contribution in [-0.4, -0.2) is 39.0 Å². The summed E-state index contributed by atoms with van der Waals surface area (Å²) in [5.41, 5.74) is 4.84. The summed E-state index contributed by atoms with van der Waals surface area (Å²) < 4.78 is 2.08. The Labute approximate surface area is 142 Å². The fourth-order valence-electron chi connectivity index (χ4n) is 3.18. The number of halogens is 1. The highest BCUT2D eigenvalue weighted by Crippen LogP contribution is 2.20. The second-order valence-corrected chi connectivity index (χ2v) is 6.88. The zero-order valence-electron chi connectivity index (χ0n) is 13.8. The van der Waals surface area contributed by atoms with Crippen LogP contribution in [0.2, 0.25) is 5.02 Å². The van der Waals surface area contributed by atoms with E-state index in [1.54, 1.807) is 0 Å². The summed E-state index contributed by atoms with van der Waals surface area (Å²) in [6.07, 6.45) is 1.62. The molecule has 1 aromatic heterocycles. The summed E-state index contributed by atoms with van der Waals surface area (Å²) >= 11 is 5.95. The molecular weight excluding hydrogens is 310 g/mol. The van der Waals surface area contributed by atoms with Crippen LogP contribution in [0.4, 0.5) is 0 Å². The number of aliphatic hydroxyl groups is 1. The molecule has 1 N–H and O–H groups in total. The molecule has 1 aliphatic rings. The van der Waals surface area contributed by atoms with Crippen LogP contribution in [0.5, 0.6) is 0 Å². The van der Waals surface area contributed by atoms with Crippen LogP contribution < -0.4 is 0 Å². The zero-order valence-corrected chi connectivity index (χ0v) is 14.6. The fraction of sp³-hybridized carbons (Fsp3) is 0.500. The van der Waals surface area contributed by atoms with Gasteiger partial charge in [-0.05, 0) is 44.4 Å². The van der Waals surface area contributed by atoms with Gasteiger partial charge < -0.3 is 5.11 Å². The van der Waals surface area contributed by atoms with Gasteiger partial charge in [-0.15, -0.1) is 0 Å². The topological polar surface area (TPSA) is 41.3 Å². The third kappa shape index (κ3) is 3.94. The predicted octanol–water partition coefficient (Wildman–Crippen LogP) is 3.16.